The molecule has 18 heavy (non-hydrogen) atoms. The summed E-state index contributed by atoms with van der Waals surface area (Å²) in [4.78, 5) is 1.87. The van der Waals surface area contributed by atoms with Crippen molar-refractivity contribution in [3.05, 3.63) is 29.3 Å². The van der Waals surface area contributed by atoms with Crippen LogP contribution < -0.4 is 10.6 Å². The van der Waals surface area contributed by atoms with Crippen LogP contribution in [-0.4, -0.2) is 39.9 Å². The average molecular weight is 269 g/mol. The van der Waals surface area contributed by atoms with E-state index in [1.54, 1.807) is 6.07 Å². The van der Waals surface area contributed by atoms with Crippen molar-refractivity contribution >= 4 is 21.4 Å². The van der Waals surface area contributed by atoms with E-state index in [4.69, 9.17) is 11.1 Å². The summed E-state index contributed by atoms with van der Waals surface area (Å²) in [5, 5.41) is 7.40. The fourth-order valence-corrected chi connectivity index (χ4v) is 2.22. The molecule has 0 fully saturated rings. The number of rotatable bonds is 5. The van der Waals surface area contributed by atoms with Gasteiger partial charge in [-0.25, -0.2) is 8.42 Å². The summed E-state index contributed by atoms with van der Waals surface area (Å²) in [6.07, 6.45) is 1.23. The second-order valence-corrected chi connectivity index (χ2v) is 6.72. The van der Waals surface area contributed by atoms with Gasteiger partial charge in [-0.2, -0.15) is 0 Å². The smallest absolute Gasteiger partial charge is 0.149 e. The Labute approximate surface area is 108 Å². The van der Waals surface area contributed by atoms with Crippen LogP contribution in [0.2, 0.25) is 0 Å². The number of nitrogens with two attached hydrogens (primary N) is 1. The van der Waals surface area contributed by atoms with Gasteiger partial charge in [0.15, 0.2) is 0 Å². The first-order chi connectivity index (χ1) is 8.20. The Bertz CT molecular complexity index is 552. The minimum Gasteiger partial charge on any atom is -0.384 e. The maximum atomic E-state index is 11.1. The number of anilines is 1. The van der Waals surface area contributed by atoms with Crippen LogP contribution in [0.4, 0.5) is 5.69 Å². The van der Waals surface area contributed by atoms with Gasteiger partial charge in [-0.3, -0.25) is 5.41 Å². The number of nitrogens with one attached hydrogen (secondary N) is 1. The highest BCUT2D eigenvalue weighted by Gasteiger charge is 2.08. The van der Waals surface area contributed by atoms with Gasteiger partial charge >= 0.3 is 0 Å². The molecule has 0 heterocycles. The number of hydrogen-bond donors (Lipinski definition) is 2. The Morgan fingerprint density at radius 2 is 2.06 bits per heavy atom. The van der Waals surface area contributed by atoms with Crippen LogP contribution in [-0.2, 0) is 9.84 Å². The summed E-state index contributed by atoms with van der Waals surface area (Å²) in [6, 6.07) is 5.52. The molecule has 0 aliphatic carbocycles. The Morgan fingerprint density at radius 3 is 2.50 bits per heavy atom. The van der Waals surface area contributed by atoms with Gasteiger partial charge in [-0.05, 0) is 30.7 Å². The SMILES string of the molecule is Cc1cc(N(C)CCS(C)(=O)=O)ccc1C(=N)N. The first-order valence-electron chi connectivity index (χ1n) is 5.54. The highest BCUT2D eigenvalue weighted by atomic mass is 32.2. The second-order valence-electron chi connectivity index (χ2n) is 4.46. The van der Waals surface area contributed by atoms with E-state index in [0.29, 0.717) is 12.1 Å². The number of amidine groups is 1. The summed E-state index contributed by atoms with van der Waals surface area (Å²) in [6.45, 7) is 2.32. The maximum absolute atomic E-state index is 11.1. The van der Waals surface area contributed by atoms with Crippen molar-refractivity contribution in [2.75, 3.05) is 30.5 Å². The Balaban J connectivity index is 2.85. The van der Waals surface area contributed by atoms with Crippen LogP contribution in [0.3, 0.4) is 0 Å². The lowest BCUT2D eigenvalue weighted by atomic mass is 10.1. The third kappa shape index (κ3) is 4.03. The normalized spacial score (nSPS) is 11.3. The van der Waals surface area contributed by atoms with E-state index in [0.717, 1.165) is 11.3 Å². The number of aryl methyl sites for hydroxylation is 1. The molecular weight excluding hydrogens is 250 g/mol. The van der Waals surface area contributed by atoms with E-state index in [2.05, 4.69) is 0 Å². The standard InChI is InChI=1S/C12H19N3O2S/c1-9-8-10(4-5-11(9)12(13)14)15(2)6-7-18(3,16)17/h4-5,8H,6-7H2,1-3H3,(H3,13,14). The molecule has 0 aromatic heterocycles. The van der Waals surface area contributed by atoms with E-state index in [-0.39, 0.29) is 11.6 Å². The molecule has 0 saturated carbocycles. The molecule has 0 aliphatic heterocycles. The van der Waals surface area contributed by atoms with E-state index in [1.165, 1.54) is 6.26 Å². The van der Waals surface area contributed by atoms with Crippen molar-refractivity contribution in [3.8, 4) is 0 Å². The molecule has 0 radical (unpaired) electrons. The second kappa shape index (κ2) is 5.39. The maximum Gasteiger partial charge on any atom is 0.149 e. The Kier molecular flexibility index (Phi) is 4.34. The van der Waals surface area contributed by atoms with Crippen molar-refractivity contribution in [2.24, 2.45) is 5.73 Å². The third-order valence-corrected chi connectivity index (χ3v) is 3.66. The van der Waals surface area contributed by atoms with Gasteiger partial charge < -0.3 is 10.6 Å². The van der Waals surface area contributed by atoms with Crippen molar-refractivity contribution in [1.29, 1.82) is 5.41 Å². The van der Waals surface area contributed by atoms with Gasteiger partial charge in [0.1, 0.15) is 15.7 Å². The first kappa shape index (κ1) is 14.5. The van der Waals surface area contributed by atoms with Gasteiger partial charge in [0.2, 0.25) is 0 Å². The monoisotopic (exact) mass is 269 g/mol. The third-order valence-electron chi connectivity index (χ3n) is 2.74. The zero-order chi connectivity index (χ0) is 13.9. The Hall–Kier alpha value is -1.56. The lowest BCUT2D eigenvalue weighted by Gasteiger charge is -2.20. The summed E-state index contributed by atoms with van der Waals surface area (Å²) in [7, 11) is -1.11. The molecule has 5 nitrogen and oxygen atoms in total. The molecule has 0 amide bonds. The molecule has 1 aromatic rings. The quantitative estimate of drug-likeness (QED) is 0.610. The lowest BCUT2D eigenvalue weighted by Crippen LogP contribution is -2.25. The molecule has 1 aromatic carbocycles. The number of nitrogen functional groups attached to an aromatic ring is 1. The zero-order valence-electron chi connectivity index (χ0n) is 10.9. The molecule has 0 saturated heterocycles. The average Bonchev–Trinajstić information content (AvgIpc) is 2.24. The Morgan fingerprint density at radius 1 is 1.44 bits per heavy atom. The summed E-state index contributed by atoms with van der Waals surface area (Å²) >= 11 is 0. The summed E-state index contributed by atoms with van der Waals surface area (Å²) in [5.74, 6) is 0.162. The van der Waals surface area contributed by atoms with E-state index >= 15 is 0 Å². The zero-order valence-corrected chi connectivity index (χ0v) is 11.7. The topological polar surface area (TPSA) is 87.2 Å². The predicted octanol–water partition coefficient (Wildman–Crippen LogP) is 0.760. The van der Waals surface area contributed by atoms with Gasteiger partial charge in [0, 0.05) is 31.1 Å². The van der Waals surface area contributed by atoms with Crippen molar-refractivity contribution in [3.63, 3.8) is 0 Å². The summed E-state index contributed by atoms with van der Waals surface area (Å²) < 4.78 is 22.2. The van der Waals surface area contributed by atoms with Crippen LogP contribution in [0.15, 0.2) is 18.2 Å². The van der Waals surface area contributed by atoms with Gasteiger partial charge in [0.05, 0.1) is 5.75 Å². The molecular formula is C12H19N3O2S. The molecule has 3 N–H and O–H groups in total. The van der Waals surface area contributed by atoms with E-state index in [1.807, 2.05) is 31.0 Å². The van der Waals surface area contributed by atoms with E-state index in [9.17, 15) is 8.42 Å². The molecule has 0 bridgehead atoms. The fraction of sp³-hybridized carbons (Fsp3) is 0.417. The van der Waals surface area contributed by atoms with Crippen molar-refractivity contribution in [2.45, 2.75) is 6.92 Å². The molecule has 0 atom stereocenters. The number of benzene rings is 1. The molecule has 6 heteroatoms. The lowest BCUT2D eigenvalue weighted by molar-refractivity contribution is 0.601. The fourth-order valence-electron chi connectivity index (χ4n) is 1.62. The minimum absolute atomic E-state index is 0.0397. The largest absolute Gasteiger partial charge is 0.384 e. The molecule has 0 spiro atoms. The number of sulfone groups is 1. The van der Waals surface area contributed by atoms with Crippen molar-refractivity contribution < 1.29 is 8.42 Å². The highest BCUT2D eigenvalue weighted by Crippen LogP contribution is 2.17. The van der Waals surface area contributed by atoms with Gasteiger partial charge in [-0.1, -0.05) is 0 Å². The molecule has 1 rings (SSSR count). The van der Waals surface area contributed by atoms with Crippen LogP contribution in [0.1, 0.15) is 11.1 Å². The van der Waals surface area contributed by atoms with Crippen molar-refractivity contribution in [1.82, 2.24) is 0 Å². The molecule has 0 aliphatic rings. The summed E-state index contributed by atoms with van der Waals surface area (Å²) in [5.41, 5.74) is 7.98. The predicted molar refractivity (Wildman–Crippen MR) is 75.2 cm³/mol. The minimum atomic E-state index is -2.95. The molecule has 100 valence electrons. The van der Waals surface area contributed by atoms with E-state index < -0.39 is 9.84 Å². The molecule has 0 unspecified atom stereocenters. The van der Waals surface area contributed by atoms with Gasteiger partial charge in [0.25, 0.3) is 0 Å². The van der Waals surface area contributed by atoms with Crippen LogP contribution in [0, 0.1) is 12.3 Å². The van der Waals surface area contributed by atoms with Crippen LogP contribution in [0.25, 0.3) is 0 Å². The number of nitrogens with zero attached hydrogens (tertiary/aromatic N) is 1. The number of hydrogen-bond acceptors (Lipinski definition) is 4. The van der Waals surface area contributed by atoms with Crippen LogP contribution in [0.5, 0.6) is 0 Å². The first-order valence-corrected chi connectivity index (χ1v) is 7.60. The van der Waals surface area contributed by atoms with Gasteiger partial charge in [-0.15, -0.1) is 0 Å². The highest BCUT2D eigenvalue weighted by molar-refractivity contribution is 7.90. The van der Waals surface area contributed by atoms with Crippen LogP contribution >= 0.6 is 0 Å².